The van der Waals surface area contributed by atoms with Crippen LogP contribution in [0.5, 0.6) is 0 Å². The van der Waals surface area contributed by atoms with Crippen LogP contribution in [0, 0.1) is 28.4 Å². The maximum absolute atomic E-state index is 11.1. The molecule has 0 spiro atoms. The smallest absolute Gasteiger partial charge is 0.309 e. The number of aryl methyl sites for hydroxylation is 1. The fraction of sp³-hybridized carbons (Fsp3) is 0.214. The SMILES string of the molecule is Cc1ccc(C(C)Nc2cccc(C#N)c2[N+](=O)[O-])o1. The van der Waals surface area contributed by atoms with Gasteiger partial charge in [-0.05, 0) is 38.1 Å². The van der Waals surface area contributed by atoms with E-state index in [2.05, 4.69) is 5.32 Å². The second kappa shape index (κ2) is 5.45. The van der Waals surface area contributed by atoms with E-state index in [4.69, 9.17) is 9.68 Å². The molecule has 0 aliphatic heterocycles. The monoisotopic (exact) mass is 271 g/mol. The summed E-state index contributed by atoms with van der Waals surface area (Å²) in [6.45, 7) is 3.66. The summed E-state index contributed by atoms with van der Waals surface area (Å²) in [6, 6.07) is 9.83. The lowest BCUT2D eigenvalue weighted by atomic mass is 10.1. The number of anilines is 1. The molecule has 1 N–H and O–H groups in total. The number of nitrogens with one attached hydrogen (secondary N) is 1. The van der Waals surface area contributed by atoms with E-state index in [1.165, 1.54) is 6.07 Å². The minimum atomic E-state index is -0.555. The molecule has 0 fully saturated rings. The third-order valence-corrected chi connectivity index (χ3v) is 2.90. The molecule has 6 heteroatoms. The lowest BCUT2D eigenvalue weighted by Gasteiger charge is -2.13. The van der Waals surface area contributed by atoms with Gasteiger partial charge in [0.05, 0.1) is 11.0 Å². The van der Waals surface area contributed by atoms with Gasteiger partial charge in [0.2, 0.25) is 0 Å². The Morgan fingerprint density at radius 3 is 2.70 bits per heavy atom. The summed E-state index contributed by atoms with van der Waals surface area (Å²) in [5, 5.41) is 23.1. The molecule has 2 aromatic rings. The zero-order valence-corrected chi connectivity index (χ0v) is 11.1. The number of benzene rings is 1. The average Bonchev–Trinajstić information content (AvgIpc) is 2.84. The minimum absolute atomic E-state index is 0.0304. The summed E-state index contributed by atoms with van der Waals surface area (Å²) < 4.78 is 5.48. The van der Waals surface area contributed by atoms with Crippen LogP contribution in [0.4, 0.5) is 11.4 Å². The molecular formula is C14H13N3O3. The van der Waals surface area contributed by atoms with E-state index < -0.39 is 4.92 Å². The van der Waals surface area contributed by atoms with E-state index in [1.807, 2.05) is 32.0 Å². The quantitative estimate of drug-likeness (QED) is 0.678. The lowest BCUT2D eigenvalue weighted by Crippen LogP contribution is -2.08. The highest BCUT2D eigenvalue weighted by Gasteiger charge is 2.21. The molecular weight excluding hydrogens is 258 g/mol. The molecule has 102 valence electrons. The van der Waals surface area contributed by atoms with Gasteiger partial charge in [-0.2, -0.15) is 5.26 Å². The van der Waals surface area contributed by atoms with Gasteiger partial charge in [-0.25, -0.2) is 0 Å². The summed E-state index contributed by atoms with van der Waals surface area (Å²) in [5.74, 6) is 1.45. The van der Waals surface area contributed by atoms with E-state index in [1.54, 1.807) is 12.1 Å². The van der Waals surface area contributed by atoms with Crippen molar-refractivity contribution < 1.29 is 9.34 Å². The fourth-order valence-corrected chi connectivity index (χ4v) is 1.94. The summed E-state index contributed by atoms with van der Waals surface area (Å²) in [5.41, 5.74) is 0.114. The van der Waals surface area contributed by atoms with Gasteiger partial charge in [-0.15, -0.1) is 0 Å². The first-order valence-electron chi connectivity index (χ1n) is 6.03. The molecule has 1 unspecified atom stereocenters. The van der Waals surface area contributed by atoms with E-state index in [0.29, 0.717) is 11.4 Å². The van der Waals surface area contributed by atoms with Gasteiger partial charge in [0.15, 0.2) is 0 Å². The predicted octanol–water partition coefficient (Wildman–Crippen LogP) is 3.54. The zero-order valence-electron chi connectivity index (χ0n) is 11.1. The normalized spacial score (nSPS) is 11.7. The Hall–Kier alpha value is -2.81. The highest BCUT2D eigenvalue weighted by Crippen LogP contribution is 2.31. The van der Waals surface area contributed by atoms with Crippen LogP contribution in [0.3, 0.4) is 0 Å². The lowest BCUT2D eigenvalue weighted by molar-refractivity contribution is -0.384. The first-order valence-corrected chi connectivity index (χ1v) is 6.03. The topological polar surface area (TPSA) is 92.1 Å². The maximum atomic E-state index is 11.1. The number of nitriles is 1. The predicted molar refractivity (Wildman–Crippen MR) is 73.3 cm³/mol. The minimum Gasteiger partial charge on any atom is -0.464 e. The first-order chi connectivity index (χ1) is 9.52. The van der Waals surface area contributed by atoms with Gasteiger partial charge in [-0.3, -0.25) is 10.1 Å². The van der Waals surface area contributed by atoms with Crippen LogP contribution in [0.15, 0.2) is 34.7 Å². The molecule has 20 heavy (non-hydrogen) atoms. The zero-order chi connectivity index (χ0) is 14.7. The van der Waals surface area contributed by atoms with E-state index in [9.17, 15) is 10.1 Å². The van der Waals surface area contributed by atoms with Crippen LogP contribution in [0.25, 0.3) is 0 Å². The Labute approximate surface area is 115 Å². The van der Waals surface area contributed by atoms with Gasteiger partial charge < -0.3 is 9.73 Å². The van der Waals surface area contributed by atoms with Crippen molar-refractivity contribution in [2.24, 2.45) is 0 Å². The molecule has 1 atom stereocenters. The number of para-hydroxylation sites is 1. The van der Waals surface area contributed by atoms with Crippen molar-refractivity contribution >= 4 is 11.4 Å². The maximum Gasteiger partial charge on any atom is 0.309 e. The van der Waals surface area contributed by atoms with Crippen LogP contribution in [0.2, 0.25) is 0 Å². The molecule has 1 heterocycles. The molecule has 0 amide bonds. The molecule has 0 radical (unpaired) electrons. The van der Waals surface area contributed by atoms with Gasteiger partial charge in [0, 0.05) is 0 Å². The van der Waals surface area contributed by atoms with Crippen molar-refractivity contribution in [1.29, 1.82) is 5.26 Å². The second-order valence-corrected chi connectivity index (χ2v) is 4.39. The van der Waals surface area contributed by atoms with Gasteiger partial charge in [-0.1, -0.05) is 6.07 Å². The Bertz CT molecular complexity index is 685. The van der Waals surface area contributed by atoms with Crippen LogP contribution in [-0.4, -0.2) is 4.92 Å². The average molecular weight is 271 g/mol. The summed E-state index contributed by atoms with van der Waals surface area (Å²) >= 11 is 0. The number of hydrogen-bond acceptors (Lipinski definition) is 5. The Kier molecular flexibility index (Phi) is 3.71. The van der Waals surface area contributed by atoms with E-state index >= 15 is 0 Å². The highest BCUT2D eigenvalue weighted by molar-refractivity contribution is 5.68. The van der Waals surface area contributed by atoms with Crippen molar-refractivity contribution in [1.82, 2.24) is 0 Å². The second-order valence-electron chi connectivity index (χ2n) is 4.39. The Morgan fingerprint density at radius 1 is 1.40 bits per heavy atom. The third kappa shape index (κ3) is 2.62. The van der Waals surface area contributed by atoms with Crippen molar-refractivity contribution in [3.05, 3.63) is 57.5 Å². The summed E-state index contributed by atoms with van der Waals surface area (Å²) in [4.78, 5) is 10.6. The number of hydrogen-bond donors (Lipinski definition) is 1. The van der Waals surface area contributed by atoms with Crippen LogP contribution >= 0.6 is 0 Å². The van der Waals surface area contributed by atoms with E-state index in [0.717, 1.165) is 5.76 Å². The summed E-state index contributed by atoms with van der Waals surface area (Å²) in [6.07, 6.45) is 0. The molecule has 0 aliphatic rings. The molecule has 2 rings (SSSR count). The first kappa shape index (κ1) is 13.6. The molecule has 0 aliphatic carbocycles. The molecule has 1 aromatic heterocycles. The van der Waals surface area contributed by atoms with Crippen molar-refractivity contribution in [3.63, 3.8) is 0 Å². The van der Waals surface area contributed by atoms with Gasteiger partial charge in [0.1, 0.15) is 28.8 Å². The summed E-state index contributed by atoms with van der Waals surface area (Å²) in [7, 11) is 0. The van der Waals surface area contributed by atoms with Gasteiger partial charge in [0.25, 0.3) is 0 Å². The fourth-order valence-electron chi connectivity index (χ4n) is 1.94. The molecule has 0 bridgehead atoms. The largest absolute Gasteiger partial charge is 0.464 e. The van der Waals surface area contributed by atoms with Crippen LogP contribution in [-0.2, 0) is 0 Å². The molecule has 0 saturated heterocycles. The molecule has 1 aromatic carbocycles. The number of rotatable bonds is 4. The number of nitro groups is 1. The van der Waals surface area contributed by atoms with Crippen molar-refractivity contribution in [2.45, 2.75) is 19.9 Å². The van der Waals surface area contributed by atoms with Gasteiger partial charge >= 0.3 is 5.69 Å². The molecule has 0 saturated carbocycles. The molecule has 6 nitrogen and oxygen atoms in total. The Morgan fingerprint density at radius 2 is 2.15 bits per heavy atom. The van der Waals surface area contributed by atoms with Crippen LogP contribution in [0.1, 0.15) is 30.0 Å². The number of nitrogens with zero attached hydrogens (tertiary/aromatic N) is 2. The van der Waals surface area contributed by atoms with Crippen molar-refractivity contribution in [2.75, 3.05) is 5.32 Å². The third-order valence-electron chi connectivity index (χ3n) is 2.90. The van der Waals surface area contributed by atoms with Crippen molar-refractivity contribution in [3.8, 4) is 6.07 Å². The Balaban J connectivity index is 2.34. The highest BCUT2D eigenvalue weighted by atomic mass is 16.6. The van der Waals surface area contributed by atoms with Crippen LogP contribution < -0.4 is 5.32 Å². The van der Waals surface area contributed by atoms with E-state index in [-0.39, 0.29) is 17.3 Å². The standard InChI is InChI=1S/C14H13N3O3/c1-9-6-7-13(20-9)10(2)16-12-5-3-4-11(8-15)14(12)17(18)19/h3-7,10,16H,1-2H3. The number of furan rings is 1. The number of nitro benzene ring substituents is 1.